The van der Waals surface area contributed by atoms with Crippen LogP contribution in [0.3, 0.4) is 0 Å². The highest BCUT2D eigenvalue weighted by Crippen LogP contribution is 2.34. The molecule has 0 saturated carbocycles. The van der Waals surface area contributed by atoms with Crippen molar-refractivity contribution in [1.29, 1.82) is 0 Å². The number of thiophene rings is 1. The fraction of sp³-hybridized carbons (Fsp3) is 0.125. The van der Waals surface area contributed by atoms with Crippen molar-refractivity contribution in [2.75, 3.05) is 19.6 Å². The number of hydrogen-bond donors (Lipinski definition) is 1. The number of hydrogen-bond acceptors (Lipinski definition) is 7. The second-order valence-corrected chi connectivity index (χ2v) is 6.33. The zero-order valence-electron chi connectivity index (χ0n) is 12.6. The maximum absolute atomic E-state index is 5.42. The van der Waals surface area contributed by atoms with E-state index in [9.17, 15) is 0 Å². The van der Waals surface area contributed by atoms with Gasteiger partial charge in [0.15, 0.2) is 0 Å². The van der Waals surface area contributed by atoms with Gasteiger partial charge in [0.1, 0.15) is 11.5 Å². The number of nitrogens with one attached hydrogen (secondary N) is 1. The lowest BCUT2D eigenvalue weighted by Crippen LogP contribution is -1.92. The van der Waals surface area contributed by atoms with Crippen molar-refractivity contribution >= 4 is 34.0 Å². The minimum absolute atomic E-state index is 0.725. The number of thiazole rings is 1. The summed E-state index contributed by atoms with van der Waals surface area (Å²) in [4.78, 5) is 5.63. The van der Waals surface area contributed by atoms with E-state index in [1.165, 1.54) is 11.3 Å². The van der Waals surface area contributed by atoms with Crippen LogP contribution in [-0.2, 0) is 0 Å². The number of rotatable bonds is 6. The molecule has 2 aromatic heterocycles. The minimum Gasteiger partial charge on any atom is -0.497 e. The molecule has 0 fully saturated rings. The van der Waals surface area contributed by atoms with Gasteiger partial charge in [0.25, 0.3) is 0 Å². The fourth-order valence-corrected chi connectivity index (χ4v) is 3.22. The molecule has 0 saturated heterocycles. The Kier molecular flexibility index (Phi) is 4.89. The first-order chi connectivity index (χ1) is 11.3. The molecule has 5 nitrogen and oxygen atoms in total. The third-order valence-electron chi connectivity index (χ3n) is 3.08. The van der Waals surface area contributed by atoms with Gasteiger partial charge in [-0.1, -0.05) is 6.07 Å². The average molecular weight is 345 g/mol. The molecule has 3 aromatic rings. The Balaban J connectivity index is 1.76. The van der Waals surface area contributed by atoms with Crippen molar-refractivity contribution in [3.8, 4) is 22.8 Å². The molecule has 0 bridgehead atoms. The van der Waals surface area contributed by atoms with Gasteiger partial charge in [0.05, 0.1) is 26.1 Å². The number of anilines is 1. The van der Waals surface area contributed by atoms with Crippen molar-refractivity contribution in [2.45, 2.75) is 0 Å². The molecule has 1 N–H and O–H groups in total. The summed E-state index contributed by atoms with van der Waals surface area (Å²) in [5.41, 5.74) is 4.70. The van der Waals surface area contributed by atoms with Crippen LogP contribution in [0.15, 0.2) is 46.2 Å². The Morgan fingerprint density at radius 1 is 1.17 bits per heavy atom. The molecular weight excluding hydrogens is 330 g/mol. The van der Waals surface area contributed by atoms with Crippen LogP contribution in [0.2, 0.25) is 0 Å². The molecular formula is C16H15N3O2S2. The molecule has 0 aliphatic carbocycles. The van der Waals surface area contributed by atoms with Crippen molar-refractivity contribution in [3.05, 3.63) is 46.0 Å². The fourth-order valence-electron chi connectivity index (χ4n) is 1.97. The van der Waals surface area contributed by atoms with Gasteiger partial charge in [-0.2, -0.15) is 5.10 Å². The number of ether oxygens (including phenoxy) is 2. The van der Waals surface area contributed by atoms with E-state index < -0.39 is 0 Å². The predicted octanol–water partition coefficient (Wildman–Crippen LogP) is 4.33. The molecule has 0 amide bonds. The second kappa shape index (κ2) is 7.26. The summed E-state index contributed by atoms with van der Waals surface area (Å²) < 4.78 is 10.6. The molecule has 23 heavy (non-hydrogen) atoms. The molecule has 1 aromatic carbocycles. The first-order valence-electron chi connectivity index (χ1n) is 6.80. The molecule has 7 heteroatoms. The highest BCUT2D eigenvalue weighted by atomic mass is 32.1. The molecule has 0 radical (unpaired) electrons. The summed E-state index contributed by atoms with van der Waals surface area (Å²) in [6, 6.07) is 9.66. The molecule has 0 spiro atoms. The Morgan fingerprint density at radius 2 is 2.09 bits per heavy atom. The van der Waals surface area contributed by atoms with Crippen molar-refractivity contribution in [1.82, 2.24) is 4.98 Å². The van der Waals surface area contributed by atoms with Crippen LogP contribution in [-0.4, -0.2) is 25.4 Å². The monoisotopic (exact) mass is 345 g/mol. The number of benzene rings is 1. The number of nitrogens with zero attached hydrogens (tertiary/aromatic N) is 2. The van der Waals surface area contributed by atoms with E-state index in [1.54, 1.807) is 31.8 Å². The van der Waals surface area contributed by atoms with Gasteiger partial charge < -0.3 is 9.47 Å². The minimum atomic E-state index is 0.725. The predicted molar refractivity (Wildman–Crippen MR) is 96.2 cm³/mol. The molecule has 0 unspecified atom stereocenters. The Hall–Kier alpha value is -2.38. The molecule has 3 rings (SSSR count). The van der Waals surface area contributed by atoms with Crippen molar-refractivity contribution < 1.29 is 9.47 Å². The van der Waals surface area contributed by atoms with Crippen LogP contribution in [0, 0.1) is 0 Å². The number of hydrazone groups is 1. The van der Waals surface area contributed by atoms with E-state index >= 15 is 0 Å². The maximum atomic E-state index is 5.42. The van der Waals surface area contributed by atoms with E-state index in [4.69, 9.17) is 9.47 Å². The highest BCUT2D eigenvalue weighted by molar-refractivity contribution is 7.14. The lowest BCUT2D eigenvalue weighted by Gasteiger charge is -2.08. The summed E-state index contributed by atoms with van der Waals surface area (Å²) in [6.07, 6.45) is 1.78. The highest BCUT2D eigenvalue weighted by Gasteiger charge is 2.11. The number of methoxy groups -OCH3 is 2. The topological polar surface area (TPSA) is 55.7 Å². The van der Waals surface area contributed by atoms with E-state index in [-0.39, 0.29) is 0 Å². The van der Waals surface area contributed by atoms with E-state index in [1.807, 2.05) is 41.1 Å². The van der Waals surface area contributed by atoms with E-state index in [0.717, 1.165) is 32.8 Å². The lowest BCUT2D eigenvalue weighted by atomic mass is 10.1. The van der Waals surface area contributed by atoms with Crippen molar-refractivity contribution in [2.24, 2.45) is 5.10 Å². The molecule has 0 atom stereocenters. The average Bonchev–Trinajstić information content (AvgIpc) is 3.26. The SMILES string of the molecule is COc1ccc(-c2csc(N/N=C\c3cccs3)n2)c(OC)c1. The first-order valence-corrected chi connectivity index (χ1v) is 8.56. The normalized spacial score (nSPS) is 10.9. The summed E-state index contributed by atoms with van der Waals surface area (Å²) in [6.45, 7) is 0. The molecule has 118 valence electrons. The third-order valence-corrected chi connectivity index (χ3v) is 4.64. The van der Waals surface area contributed by atoms with E-state index in [2.05, 4.69) is 15.5 Å². The number of aromatic nitrogens is 1. The standard InChI is InChI=1S/C16H15N3O2S2/c1-20-11-5-6-13(15(8-11)21-2)14-10-23-16(18-14)19-17-9-12-4-3-7-22-12/h3-10H,1-2H3,(H,18,19)/b17-9-. The molecule has 0 aliphatic heterocycles. The Morgan fingerprint density at radius 3 is 2.83 bits per heavy atom. The van der Waals surface area contributed by atoms with Gasteiger partial charge in [-0.05, 0) is 23.6 Å². The second-order valence-electron chi connectivity index (χ2n) is 4.49. The zero-order chi connectivity index (χ0) is 16.1. The summed E-state index contributed by atoms with van der Waals surface area (Å²) in [5.74, 6) is 1.48. The Labute approximate surface area is 142 Å². The lowest BCUT2D eigenvalue weighted by molar-refractivity contribution is 0.395. The van der Waals surface area contributed by atoms with Gasteiger partial charge >= 0.3 is 0 Å². The van der Waals surface area contributed by atoms with Crippen LogP contribution in [0.1, 0.15) is 4.88 Å². The maximum Gasteiger partial charge on any atom is 0.203 e. The van der Waals surface area contributed by atoms with Gasteiger partial charge in [-0.3, -0.25) is 5.43 Å². The molecule has 2 heterocycles. The third kappa shape index (κ3) is 3.69. The first kappa shape index (κ1) is 15.5. The van der Waals surface area contributed by atoms with Gasteiger partial charge in [-0.25, -0.2) is 4.98 Å². The largest absolute Gasteiger partial charge is 0.497 e. The van der Waals surface area contributed by atoms with Crippen molar-refractivity contribution in [3.63, 3.8) is 0 Å². The van der Waals surface area contributed by atoms with Gasteiger partial charge in [0, 0.05) is 21.9 Å². The van der Waals surface area contributed by atoms with Gasteiger partial charge in [0.2, 0.25) is 5.13 Å². The van der Waals surface area contributed by atoms with Gasteiger partial charge in [-0.15, -0.1) is 22.7 Å². The zero-order valence-corrected chi connectivity index (χ0v) is 14.3. The van der Waals surface area contributed by atoms with Crippen LogP contribution >= 0.6 is 22.7 Å². The quantitative estimate of drug-likeness (QED) is 0.533. The van der Waals surface area contributed by atoms with Crippen LogP contribution in [0.4, 0.5) is 5.13 Å². The Bertz CT molecular complexity index is 798. The van der Waals surface area contributed by atoms with Crippen LogP contribution < -0.4 is 14.9 Å². The van der Waals surface area contributed by atoms with Crippen LogP contribution in [0.5, 0.6) is 11.5 Å². The molecule has 0 aliphatic rings. The van der Waals surface area contributed by atoms with E-state index in [0.29, 0.717) is 0 Å². The smallest absolute Gasteiger partial charge is 0.203 e. The summed E-state index contributed by atoms with van der Waals surface area (Å²) >= 11 is 3.13. The van der Waals surface area contributed by atoms with Crippen LogP contribution in [0.25, 0.3) is 11.3 Å². The summed E-state index contributed by atoms with van der Waals surface area (Å²) in [7, 11) is 3.26. The summed E-state index contributed by atoms with van der Waals surface area (Å²) in [5, 5.41) is 8.90.